The Balaban J connectivity index is 1.61. The Morgan fingerprint density at radius 1 is 0.971 bits per heavy atom. The summed E-state index contributed by atoms with van der Waals surface area (Å²) in [5, 5.41) is 0. The molecule has 2 aromatic carbocycles. The highest BCUT2D eigenvalue weighted by Crippen LogP contribution is 2.31. The Labute approximate surface area is 203 Å². The number of benzene rings is 2. The third-order valence-corrected chi connectivity index (χ3v) is 6.26. The summed E-state index contributed by atoms with van der Waals surface area (Å²) in [6.07, 6.45) is 7.43. The summed E-state index contributed by atoms with van der Waals surface area (Å²) in [5.74, 6) is 0.500. The topological polar surface area (TPSA) is 65.1 Å². The number of hydrogen-bond acceptors (Lipinski definition) is 5. The summed E-state index contributed by atoms with van der Waals surface area (Å²) < 4.78 is 16.5. The van der Waals surface area contributed by atoms with E-state index in [1.807, 2.05) is 42.5 Å². The molecule has 6 nitrogen and oxygen atoms in total. The maximum atomic E-state index is 12.8. The average molecular weight is 468 g/mol. The van der Waals surface area contributed by atoms with Crippen LogP contribution in [0.15, 0.2) is 54.6 Å². The third-order valence-electron chi connectivity index (χ3n) is 6.26. The van der Waals surface area contributed by atoms with Crippen LogP contribution in [0.5, 0.6) is 5.75 Å². The average Bonchev–Trinajstić information content (AvgIpc) is 3.18. The monoisotopic (exact) mass is 467 g/mol. The van der Waals surface area contributed by atoms with Gasteiger partial charge in [0.05, 0.1) is 13.2 Å². The van der Waals surface area contributed by atoms with Crippen molar-refractivity contribution in [1.82, 2.24) is 0 Å². The normalized spacial score (nSPS) is 17.5. The molecule has 1 saturated heterocycles. The van der Waals surface area contributed by atoms with Crippen molar-refractivity contribution in [2.24, 2.45) is 0 Å². The maximum absolute atomic E-state index is 12.8. The first-order valence-electron chi connectivity index (χ1n) is 12.5. The van der Waals surface area contributed by atoms with E-state index in [1.54, 1.807) is 12.0 Å². The Bertz CT molecular complexity index is 883. The van der Waals surface area contributed by atoms with Crippen molar-refractivity contribution in [1.29, 1.82) is 0 Å². The molecule has 1 fully saturated rings. The Kier molecular flexibility index (Phi) is 10.3. The van der Waals surface area contributed by atoms with Crippen molar-refractivity contribution in [2.45, 2.75) is 76.9 Å². The van der Waals surface area contributed by atoms with Gasteiger partial charge in [0.25, 0.3) is 0 Å². The molecule has 34 heavy (non-hydrogen) atoms. The number of nitrogens with zero attached hydrogens (tertiary/aromatic N) is 1. The van der Waals surface area contributed by atoms with E-state index < -0.39 is 12.2 Å². The zero-order valence-electron chi connectivity index (χ0n) is 20.4. The quantitative estimate of drug-likeness (QED) is 0.240. The predicted octanol–water partition coefficient (Wildman–Crippen LogP) is 6.32. The molecule has 184 valence electrons. The molecule has 0 N–H and O–H groups in total. The minimum atomic E-state index is -0.491. The van der Waals surface area contributed by atoms with Crippen molar-refractivity contribution in [2.75, 3.05) is 18.6 Å². The van der Waals surface area contributed by atoms with Crippen LogP contribution in [-0.4, -0.2) is 37.9 Å². The number of methoxy groups -OCH3 is 1. The molecule has 3 rings (SSSR count). The summed E-state index contributed by atoms with van der Waals surface area (Å²) in [7, 11) is 1.61. The minimum absolute atomic E-state index is 0.0855. The van der Waals surface area contributed by atoms with Gasteiger partial charge >= 0.3 is 12.1 Å². The lowest BCUT2D eigenvalue weighted by Gasteiger charge is -2.25. The predicted molar refractivity (Wildman–Crippen MR) is 133 cm³/mol. The van der Waals surface area contributed by atoms with Gasteiger partial charge in [0, 0.05) is 12.1 Å². The van der Waals surface area contributed by atoms with E-state index in [9.17, 15) is 9.59 Å². The van der Waals surface area contributed by atoms with Crippen LogP contribution < -0.4 is 9.64 Å². The summed E-state index contributed by atoms with van der Waals surface area (Å²) in [6, 6.07) is 17.5. The number of unbranched alkanes of at least 4 members (excludes halogenated alkanes) is 4. The SMILES string of the molecule is CCCCCCCC(=O)OC[C@H]1OC(=O)N(c2ccc(OC)cc2)[C@@H]1CCCc1ccccc1. The van der Waals surface area contributed by atoms with Gasteiger partial charge in [-0.15, -0.1) is 0 Å². The molecule has 1 amide bonds. The number of carbonyl (C=O) groups is 2. The van der Waals surface area contributed by atoms with Gasteiger partial charge in [0.1, 0.15) is 12.4 Å². The van der Waals surface area contributed by atoms with Gasteiger partial charge in [-0.05, 0) is 55.5 Å². The first-order chi connectivity index (χ1) is 16.6. The van der Waals surface area contributed by atoms with Crippen molar-refractivity contribution in [3.05, 3.63) is 60.2 Å². The number of rotatable bonds is 14. The molecule has 0 unspecified atom stereocenters. The number of ether oxygens (including phenoxy) is 3. The van der Waals surface area contributed by atoms with E-state index in [0.717, 1.165) is 50.0 Å². The number of esters is 1. The van der Waals surface area contributed by atoms with Crippen LogP contribution in [0.2, 0.25) is 0 Å². The van der Waals surface area contributed by atoms with Gasteiger partial charge < -0.3 is 14.2 Å². The van der Waals surface area contributed by atoms with Crippen LogP contribution in [-0.2, 0) is 20.7 Å². The van der Waals surface area contributed by atoms with Crippen LogP contribution in [0, 0.1) is 0 Å². The summed E-state index contributed by atoms with van der Waals surface area (Å²) in [5.41, 5.74) is 2.01. The molecule has 0 aliphatic carbocycles. The highest BCUT2D eigenvalue weighted by molar-refractivity contribution is 5.90. The van der Waals surface area contributed by atoms with Crippen LogP contribution >= 0.6 is 0 Å². The van der Waals surface area contributed by atoms with E-state index in [4.69, 9.17) is 14.2 Å². The number of cyclic esters (lactones) is 1. The highest BCUT2D eigenvalue weighted by atomic mass is 16.6. The van der Waals surface area contributed by atoms with Crippen molar-refractivity contribution in [3.8, 4) is 5.75 Å². The first-order valence-corrected chi connectivity index (χ1v) is 12.5. The molecule has 0 bridgehead atoms. The van der Waals surface area contributed by atoms with E-state index >= 15 is 0 Å². The second-order valence-electron chi connectivity index (χ2n) is 8.78. The van der Waals surface area contributed by atoms with Gasteiger partial charge in [-0.3, -0.25) is 9.69 Å². The van der Waals surface area contributed by atoms with Crippen LogP contribution in [0.25, 0.3) is 0 Å². The molecule has 1 heterocycles. The van der Waals surface area contributed by atoms with Crippen molar-refractivity contribution in [3.63, 3.8) is 0 Å². The van der Waals surface area contributed by atoms with Gasteiger partial charge in [0.15, 0.2) is 6.10 Å². The van der Waals surface area contributed by atoms with Crippen molar-refractivity contribution >= 4 is 17.7 Å². The second kappa shape index (κ2) is 13.6. The number of amides is 1. The van der Waals surface area contributed by atoms with E-state index in [-0.39, 0.29) is 18.6 Å². The number of anilines is 1. The van der Waals surface area contributed by atoms with E-state index in [0.29, 0.717) is 6.42 Å². The van der Waals surface area contributed by atoms with Gasteiger partial charge in [-0.25, -0.2) is 4.79 Å². The fourth-order valence-corrected chi connectivity index (χ4v) is 4.35. The fraction of sp³-hybridized carbons (Fsp3) is 0.500. The Morgan fingerprint density at radius 3 is 2.41 bits per heavy atom. The molecule has 0 aromatic heterocycles. The molecule has 2 aromatic rings. The maximum Gasteiger partial charge on any atom is 0.415 e. The molecule has 0 radical (unpaired) electrons. The van der Waals surface area contributed by atoms with Crippen molar-refractivity contribution < 1.29 is 23.8 Å². The molecule has 0 saturated carbocycles. The van der Waals surface area contributed by atoms with Gasteiger partial charge in [-0.1, -0.05) is 62.9 Å². The smallest absolute Gasteiger partial charge is 0.415 e. The van der Waals surface area contributed by atoms with E-state index in [1.165, 1.54) is 18.4 Å². The first kappa shape index (κ1) is 25.6. The number of hydrogen-bond donors (Lipinski definition) is 0. The standard InChI is InChI=1S/C28H37NO5/c1-3-4-5-6-10-16-27(30)33-21-26-25(15-11-14-22-12-8-7-9-13-22)29(28(31)34-26)23-17-19-24(32-2)20-18-23/h7-9,12-13,17-20,25-26H,3-6,10-11,14-16,21H2,1-2H3/t25-,26-/m1/s1. The molecule has 1 aliphatic heterocycles. The second-order valence-corrected chi connectivity index (χ2v) is 8.78. The Hall–Kier alpha value is -3.02. The number of aryl methyl sites for hydroxylation is 1. The molecule has 6 heteroatoms. The summed E-state index contributed by atoms with van der Waals surface area (Å²) in [6.45, 7) is 2.25. The zero-order valence-corrected chi connectivity index (χ0v) is 20.4. The third kappa shape index (κ3) is 7.51. The van der Waals surface area contributed by atoms with E-state index in [2.05, 4.69) is 19.1 Å². The fourth-order valence-electron chi connectivity index (χ4n) is 4.35. The molecule has 1 aliphatic rings. The molecular weight excluding hydrogens is 430 g/mol. The molecule has 0 spiro atoms. The summed E-state index contributed by atoms with van der Waals surface area (Å²) in [4.78, 5) is 26.8. The van der Waals surface area contributed by atoms with Crippen LogP contribution in [0.1, 0.15) is 63.9 Å². The zero-order chi connectivity index (χ0) is 24.2. The highest BCUT2D eigenvalue weighted by Gasteiger charge is 2.42. The van der Waals surface area contributed by atoms with Gasteiger partial charge in [0.2, 0.25) is 0 Å². The molecule has 2 atom stereocenters. The lowest BCUT2D eigenvalue weighted by Crippen LogP contribution is -2.39. The largest absolute Gasteiger partial charge is 0.497 e. The van der Waals surface area contributed by atoms with Crippen LogP contribution in [0.3, 0.4) is 0 Å². The lowest BCUT2D eigenvalue weighted by atomic mass is 10.0. The lowest BCUT2D eigenvalue weighted by molar-refractivity contribution is -0.146. The van der Waals surface area contributed by atoms with Gasteiger partial charge in [-0.2, -0.15) is 0 Å². The minimum Gasteiger partial charge on any atom is -0.497 e. The Morgan fingerprint density at radius 2 is 1.71 bits per heavy atom. The molecular formula is C28H37NO5. The van der Waals surface area contributed by atoms with Crippen LogP contribution in [0.4, 0.5) is 10.5 Å². The summed E-state index contributed by atoms with van der Waals surface area (Å²) >= 11 is 0. The number of carbonyl (C=O) groups excluding carboxylic acids is 2.